The van der Waals surface area contributed by atoms with Gasteiger partial charge in [0.05, 0.1) is 18.3 Å². The molecule has 0 aliphatic heterocycles. The zero-order valence-electron chi connectivity index (χ0n) is 13.5. The smallest absolute Gasteiger partial charge is 0.110 e. The summed E-state index contributed by atoms with van der Waals surface area (Å²) >= 11 is 0. The van der Waals surface area contributed by atoms with E-state index in [0.29, 0.717) is 17.9 Å². The summed E-state index contributed by atoms with van der Waals surface area (Å²) in [6.07, 6.45) is 5.53. The zero-order valence-corrected chi connectivity index (χ0v) is 13.5. The van der Waals surface area contributed by atoms with Crippen LogP contribution in [0.15, 0.2) is 0 Å². The quantitative estimate of drug-likeness (QED) is 0.812. The molecule has 2 fully saturated rings. The van der Waals surface area contributed by atoms with Crippen LogP contribution in [0.3, 0.4) is 0 Å². The molecule has 0 amide bonds. The molecule has 0 saturated heterocycles. The predicted octanol–water partition coefficient (Wildman–Crippen LogP) is 3.39. The summed E-state index contributed by atoms with van der Waals surface area (Å²) in [5.41, 5.74) is 0. The first-order valence-electron chi connectivity index (χ1n) is 8.48. The second-order valence-electron chi connectivity index (χ2n) is 7.18. The molecule has 0 aromatic carbocycles. The van der Waals surface area contributed by atoms with Gasteiger partial charge in [-0.25, -0.2) is 0 Å². The van der Waals surface area contributed by atoms with E-state index in [1.807, 2.05) is 0 Å². The molecular weight excluding hydrogens is 252 g/mol. The Kier molecular flexibility index (Phi) is 5.88. The maximum Gasteiger partial charge on any atom is 0.110 e. The molecule has 0 aromatic heterocycles. The fourth-order valence-electron chi connectivity index (χ4n) is 3.66. The van der Waals surface area contributed by atoms with Gasteiger partial charge in [0.15, 0.2) is 0 Å². The molecule has 118 valence electrons. The summed E-state index contributed by atoms with van der Waals surface area (Å²) in [4.78, 5) is 0. The van der Waals surface area contributed by atoms with E-state index in [4.69, 9.17) is 9.47 Å². The van der Waals surface area contributed by atoms with Gasteiger partial charge in [0.1, 0.15) is 6.10 Å². The molecular formula is C17H32O3. The molecule has 2 rings (SSSR count). The SMILES string of the molecule is CCCOC1C(O)CC1OC1CC(C)CCC1C(C)C. The van der Waals surface area contributed by atoms with Crippen LogP contribution in [0.1, 0.15) is 59.8 Å². The van der Waals surface area contributed by atoms with E-state index in [1.165, 1.54) is 12.8 Å². The van der Waals surface area contributed by atoms with E-state index >= 15 is 0 Å². The molecule has 1 N–H and O–H groups in total. The lowest BCUT2D eigenvalue weighted by atomic mass is 9.75. The van der Waals surface area contributed by atoms with Gasteiger partial charge in [0.25, 0.3) is 0 Å². The first-order valence-corrected chi connectivity index (χ1v) is 8.48. The van der Waals surface area contributed by atoms with Crippen molar-refractivity contribution < 1.29 is 14.6 Å². The lowest BCUT2D eigenvalue weighted by molar-refractivity contribution is -0.221. The zero-order chi connectivity index (χ0) is 14.7. The highest BCUT2D eigenvalue weighted by atomic mass is 16.6. The topological polar surface area (TPSA) is 38.7 Å². The van der Waals surface area contributed by atoms with Crippen LogP contribution in [-0.4, -0.2) is 36.1 Å². The van der Waals surface area contributed by atoms with E-state index in [9.17, 15) is 5.11 Å². The lowest BCUT2D eigenvalue weighted by Gasteiger charge is -2.46. The van der Waals surface area contributed by atoms with Crippen molar-refractivity contribution in [3.05, 3.63) is 0 Å². The fourth-order valence-corrected chi connectivity index (χ4v) is 3.66. The summed E-state index contributed by atoms with van der Waals surface area (Å²) in [7, 11) is 0. The predicted molar refractivity (Wildman–Crippen MR) is 80.7 cm³/mol. The second kappa shape index (κ2) is 7.24. The van der Waals surface area contributed by atoms with Gasteiger partial charge in [0, 0.05) is 13.0 Å². The van der Waals surface area contributed by atoms with E-state index < -0.39 is 0 Å². The van der Waals surface area contributed by atoms with Crippen molar-refractivity contribution in [2.24, 2.45) is 17.8 Å². The van der Waals surface area contributed by atoms with E-state index in [2.05, 4.69) is 27.7 Å². The van der Waals surface area contributed by atoms with E-state index in [1.54, 1.807) is 0 Å². The Balaban J connectivity index is 1.89. The molecule has 3 heteroatoms. The van der Waals surface area contributed by atoms with Crippen LogP contribution in [0.2, 0.25) is 0 Å². The van der Waals surface area contributed by atoms with Crippen molar-refractivity contribution in [2.75, 3.05) is 6.61 Å². The third-order valence-corrected chi connectivity index (χ3v) is 5.04. The van der Waals surface area contributed by atoms with Gasteiger partial charge < -0.3 is 14.6 Å². The van der Waals surface area contributed by atoms with Crippen LogP contribution in [-0.2, 0) is 9.47 Å². The molecule has 0 spiro atoms. The summed E-state index contributed by atoms with van der Waals surface area (Å²) < 4.78 is 12.1. The Labute approximate surface area is 124 Å². The maximum atomic E-state index is 9.86. The Hall–Kier alpha value is -0.120. The first-order chi connectivity index (χ1) is 9.52. The first kappa shape index (κ1) is 16.3. The highest BCUT2D eigenvalue weighted by molar-refractivity contribution is 4.94. The molecule has 2 aliphatic rings. The fraction of sp³-hybridized carbons (Fsp3) is 1.00. The van der Waals surface area contributed by atoms with Gasteiger partial charge in [0.2, 0.25) is 0 Å². The number of ether oxygens (including phenoxy) is 2. The van der Waals surface area contributed by atoms with Crippen LogP contribution < -0.4 is 0 Å². The van der Waals surface area contributed by atoms with E-state index in [-0.39, 0.29) is 18.3 Å². The number of aliphatic hydroxyl groups excluding tert-OH is 1. The average molecular weight is 284 g/mol. The Morgan fingerprint density at radius 1 is 1.15 bits per heavy atom. The maximum absolute atomic E-state index is 9.86. The summed E-state index contributed by atoms with van der Waals surface area (Å²) in [6.45, 7) is 9.75. The Bertz CT molecular complexity index is 292. The standard InChI is InChI=1S/C17H32O3/c1-5-8-19-17-14(18)10-16(17)20-15-9-12(4)6-7-13(15)11(2)3/h11-18H,5-10H2,1-4H3. The third-order valence-electron chi connectivity index (χ3n) is 5.04. The molecule has 3 nitrogen and oxygen atoms in total. The van der Waals surface area contributed by atoms with Gasteiger partial charge in [-0.05, 0) is 37.0 Å². The van der Waals surface area contributed by atoms with Crippen molar-refractivity contribution in [1.29, 1.82) is 0 Å². The van der Waals surface area contributed by atoms with Gasteiger partial charge >= 0.3 is 0 Å². The molecule has 0 aromatic rings. The molecule has 0 heterocycles. The summed E-state index contributed by atoms with van der Waals surface area (Å²) in [5.74, 6) is 2.10. The largest absolute Gasteiger partial charge is 0.390 e. The van der Waals surface area contributed by atoms with Crippen molar-refractivity contribution in [3.63, 3.8) is 0 Å². The monoisotopic (exact) mass is 284 g/mol. The van der Waals surface area contributed by atoms with Crippen LogP contribution in [0.4, 0.5) is 0 Å². The van der Waals surface area contributed by atoms with Gasteiger partial charge in [-0.3, -0.25) is 0 Å². The molecule has 20 heavy (non-hydrogen) atoms. The second-order valence-corrected chi connectivity index (χ2v) is 7.18. The highest BCUT2D eigenvalue weighted by Crippen LogP contribution is 2.38. The molecule has 0 radical (unpaired) electrons. The Morgan fingerprint density at radius 2 is 1.90 bits per heavy atom. The van der Waals surface area contributed by atoms with Crippen molar-refractivity contribution in [2.45, 2.75) is 84.2 Å². The minimum Gasteiger partial charge on any atom is -0.390 e. The normalized spacial score (nSPS) is 41.7. The molecule has 6 atom stereocenters. The van der Waals surface area contributed by atoms with Gasteiger partial charge in [-0.1, -0.05) is 34.1 Å². The van der Waals surface area contributed by atoms with Crippen molar-refractivity contribution in [3.8, 4) is 0 Å². The van der Waals surface area contributed by atoms with E-state index in [0.717, 1.165) is 31.8 Å². The highest BCUT2D eigenvalue weighted by Gasteiger charge is 2.44. The lowest BCUT2D eigenvalue weighted by Crippen LogP contribution is -2.56. The minimum atomic E-state index is -0.329. The number of hydrogen-bond acceptors (Lipinski definition) is 3. The minimum absolute atomic E-state index is 0.0972. The number of aliphatic hydroxyl groups is 1. The van der Waals surface area contributed by atoms with Crippen LogP contribution in [0.25, 0.3) is 0 Å². The molecule has 2 saturated carbocycles. The molecule has 6 unspecified atom stereocenters. The van der Waals surface area contributed by atoms with Crippen LogP contribution in [0, 0.1) is 17.8 Å². The Morgan fingerprint density at radius 3 is 2.50 bits per heavy atom. The average Bonchev–Trinajstić information content (AvgIpc) is 2.38. The third kappa shape index (κ3) is 3.75. The summed E-state index contributed by atoms with van der Waals surface area (Å²) in [5, 5.41) is 9.86. The van der Waals surface area contributed by atoms with Gasteiger partial charge in [-0.2, -0.15) is 0 Å². The van der Waals surface area contributed by atoms with Crippen LogP contribution >= 0.6 is 0 Å². The van der Waals surface area contributed by atoms with Crippen LogP contribution in [0.5, 0.6) is 0 Å². The van der Waals surface area contributed by atoms with Crippen molar-refractivity contribution in [1.82, 2.24) is 0 Å². The number of hydrogen-bond donors (Lipinski definition) is 1. The summed E-state index contributed by atoms with van der Waals surface area (Å²) in [6, 6.07) is 0. The number of rotatable bonds is 6. The van der Waals surface area contributed by atoms with Crippen molar-refractivity contribution >= 4 is 0 Å². The van der Waals surface area contributed by atoms with Gasteiger partial charge in [-0.15, -0.1) is 0 Å². The molecule has 0 bridgehead atoms. The molecule has 2 aliphatic carbocycles.